The van der Waals surface area contributed by atoms with Crippen LogP contribution in [0.5, 0.6) is 5.88 Å². The maximum atomic E-state index is 12.2. The first kappa shape index (κ1) is 19.1. The van der Waals surface area contributed by atoms with Gasteiger partial charge in [0.2, 0.25) is 5.88 Å². The number of rotatable bonds is 4. The number of benzene rings is 1. The molecule has 1 aliphatic heterocycles. The van der Waals surface area contributed by atoms with Crippen molar-refractivity contribution in [1.82, 2.24) is 20.2 Å². The first-order valence-electron chi connectivity index (χ1n) is 9.48. The molecule has 2 aromatic rings. The number of ether oxygens (including phenoxy) is 1. The summed E-state index contributed by atoms with van der Waals surface area (Å²) in [7, 11) is 0. The number of nitrogens with zero attached hydrogens (tertiary/aromatic N) is 3. The smallest absolute Gasteiger partial charge is 0.317 e. The largest absolute Gasteiger partial charge is 0.477 e. The number of hydrogen-bond acceptors (Lipinski definition) is 4. The molecule has 0 radical (unpaired) electrons. The lowest BCUT2D eigenvalue weighted by Crippen LogP contribution is -2.51. The molecule has 2 amide bonds. The van der Waals surface area contributed by atoms with E-state index in [4.69, 9.17) is 4.74 Å². The first-order valence-corrected chi connectivity index (χ1v) is 9.48. The van der Waals surface area contributed by atoms with E-state index < -0.39 is 0 Å². The van der Waals surface area contributed by atoms with E-state index in [9.17, 15) is 4.79 Å². The van der Waals surface area contributed by atoms with Gasteiger partial charge >= 0.3 is 6.03 Å². The number of hydrogen-bond donors (Lipinski definition) is 1. The average Bonchev–Trinajstić information content (AvgIpc) is 2.66. The highest BCUT2D eigenvalue weighted by Gasteiger charge is 2.25. The second-order valence-corrected chi connectivity index (χ2v) is 8.03. The van der Waals surface area contributed by atoms with Gasteiger partial charge in [0.1, 0.15) is 6.33 Å². The van der Waals surface area contributed by atoms with E-state index in [2.05, 4.69) is 15.3 Å². The van der Waals surface area contributed by atoms with Crippen LogP contribution in [0.4, 0.5) is 4.79 Å². The second kappa shape index (κ2) is 8.37. The molecular formula is C21H28N4O2. The van der Waals surface area contributed by atoms with Crippen LogP contribution in [0.15, 0.2) is 42.7 Å². The molecule has 144 valence electrons. The molecule has 0 atom stereocenters. The molecule has 1 fully saturated rings. The van der Waals surface area contributed by atoms with Crippen molar-refractivity contribution in [2.45, 2.75) is 39.2 Å². The number of nitrogens with one attached hydrogen (secondary N) is 1. The predicted molar refractivity (Wildman–Crippen MR) is 106 cm³/mol. The van der Waals surface area contributed by atoms with Crippen molar-refractivity contribution in [3.63, 3.8) is 0 Å². The molecule has 0 bridgehead atoms. The first-order chi connectivity index (χ1) is 12.9. The summed E-state index contributed by atoms with van der Waals surface area (Å²) in [6.45, 7) is 8.12. The molecule has 1 aliphatic rings. The van der Waals surface area contributed by atoms with Crippen LogP contribution in [-0.2, 0) is 0 Å². The van der Waals surface area contributed by atoms with Crippen molar-refractivity contribution in [2.24, 2.45) is 5.92 Å². The third-order valence-electron chi connectivity index (χ3n) is 4.56. The summed E-state index contributed by atoms with van der Waals surface area (Å²) in [5.41, 5.74) is 1.69. The molecule has 3 rings (SSSR count). The van der Waals surface area contributed by atoms with Gasteiger partial charge < -0.3 is 15.0 Å². The minimum atomic E-state index is -0.208. The third kappa shape index (κ3) is 5.67. The highest BCUT2D eigenvalue weighted by Crippen LogP contribution is 2.22. The molecule has 0 saturated carbocycles. The average molecular weight is 368 g/mol. The Morgan fingerprint density at radius 2 is 1.89 bits per heavy atom. The lowest BCUT2D eigenvalue weighted by atomic mass is 9.98. The van der Waals surface area contributed by atoms with Gasteiger partial charge in [-0.3, -0.25) is 0 Å². The Hall–Kier alpha value is -2.63. The van der Waals surface area contributed by atoms with Gasteiger partial charge in [-0.25, -0.2) is 14.8 Å². The van der Waals surface area contributed by atoms with Crippen LogP contribution >= 0.6 is 0 Å². The molecule has 1 saturated heterocycles. The van der Waals surface area contributed by atoms with Crippen LogP contribution < -0.4 is 10.1 Å². The van der Waals surface area contributed by atoms with Crippen molar-refractivity contribution in [2.75, 3.05) is 19.7 Å². The Bertz CT molecular complexity index is 750. The maximum Gasteiger partial charge on any atom is 0.317 e. The molecule has 0 spiro atoms. The zero-order valence-corrected chi connectivity index (χ0v) is 16.3. The highest BCUT2D eigenvalue weighted by molar-refractivity contribution is 5.75. The quantitative estimate of drug-likeness (QED) is 0.893. The van der Waals surface area contributed by atoms with Gasteiger partial charge in [0.25, 0.3) is 0 Å². The Balaban J connectivity index is 1.49. The molecule has 6 heteroatoms. The Morgan fingerprint density at radius 1 is 1.19 bits per heavy atom. The molecule has 0 aliphatic carbocycles. The van der Waals surface area contributed by atoms with E-state index in [0.29, 0.717) is 18.4 Å². The zero-order chi connectivity index (χ0) is 19.3. The molecule has 27 heavy (non-hydrogen) atoms. The summed E-state index contributed by atoms with van der Waals surface area (Å²) in [6.07, 6.45) is 3.42. The standard InChI is InChI=1S/C21H28N4O2/c1-21(2,3)24-20(26)25-11-9-16(10-12-25)14-27-19-13-18(22-15-23-19)17-7-5-4-6-8-17/h4-8,13,15-16H,9-12,14H2,1-3H3,(H,24,26). The van der Waals surface area contributed by atoms with Crippen LogP contribution in [0, 0.1) is 5.92 Å². The summed E-state index contributed by atoms with van der Waals surface area (Å²) < 4.78 is 5.91. The Labute approximate surface area is 161 Å². The van der Waals surface area contributed by atoms with Gasteiger partial charge in [0, 0.05) is 30.3 Å². The number of urea groups is 1. The lowest BCUT2D eigenvalue weighted by Gasteiger charge is -2.34. The van der Waals surface area contributed by atoms with E-state index in [1.165, 1.54) is 6.33 Å². The van der Waals surface area contributed by atoms with Crippen molar-refractivity contribution in [3.05, 3.63) is 42.7 Å². The topological polar surface area (TPSA) is 67.4 Å². The van der Waals surface area contributed by atoms with E-state index in [1.807, 2.05) is 62.1 Å². The van der Waals surface area contributed by atoms with Gasteiger partial charge in [0.15, 0.2) is 0 Å². The zero-order valence-electron chi connectivity index (χ0n) is 16.3. The van der Waals surface area contributed by atoms with E-state index in [-0.39, 0.29) is 11.6 Å². The summed E-state index contributed by atoms with van der Waals surface area (Å²) in [4.78, 5) is 22.7. The summed E-state index contributed by atoms with van der Waals surface area (Å²) >= 11 is 0. The molecule has 0 unspecified atom stereocenters. The fraction of sp³-hybridized carbons (Fsp3) is 0.476. The number of likely N-dealkylation sites (tertiary alicyclic amines) is 1. The van der Waals surface area contributed by atoms with Gasteiger partial charge in [-0.05, 0) is 39.5 Å². The number of aromatic nitrogens is 2. The fourth-order valence-corrected chi connectivity index (χ4v) is 3.09. The summed E-state index contributed by atoms with van der Waals surface area (Å²) in [5.74, 6) is 1.02. The third-order valence-corrected chi connectivity index (χ3v) is 4.56. The number of carbonyl (C=O) groups excluding carboxylic acids is 1. The van der Waals surface area contributed by atoms with Gasteiger partial charge in [-0.1, -0.05) is 30.3 Å². The highest BCUT2D eigenvalue weighted by atomic mass is 16.5. The molecule has 1 aromatic carbocycles. The number of amides is 2. The van der Waals surface area contributed by atoms with Gasteiger partial charge in [-0.15, -0.1) is 0 Å². The Kier molecular flexibility index (Phi) is 5.94. The normalized spacial score (nSPS) is 15.4. The summed E-state index contributed by atoms with van der Waals surface area (Å²) in [5, 5.41) is 3.02. The minimum Gasteiger partial charge on any atom is -0.477 e. The Morgan fingerprint density at radius 3 is 2.56 bits per heavy atom. The van der Waals surface area contributed by atoms with Crippen LogP contribution in [0.3, 0.4) is 0 Å². The predicted octanol–water partition coefficient (Wildman–Crippen LogP) is 3.74. The molecule has 1 aromatic heterocycles. The van der Waals surface area contributed by atoms with Crippen molar-refractivity contribution in [1.29, 1.82) is 0 Å². The summed E-state index contributed by atoms with van der Waals surface area (Å²) in [6, 6.07) is 11.9. The van der Waals surface area contributed by atoms with E-state index in [1.54, 1.807) is 0 Å². The molecular weight excluding hydrogens is 340 g/mol. The maximum absolute atomic E-state index is 12.2. The van der Waals surface area contributed by atoms with Crippen molar-refractivity contribution >= 4 is 6.03 Å². The molecule has 1 N–H and O–H groups in total. The monoisotopic (exact) mass is 368 g/mol. The minimum absolute atomic E-state index is 0.0187. The van der Waals surface area contributed by atoms with Crippen LogP contribution in [0.2, 0.25) is 0 Å². The second-order valence-electron chi connectivity index (χ2n) is 8.03. The van der Waals surface area contributed by atoms with Crippen LogP contribution in [0.1, 0.15) is 33.6 Å². The number of piperidine rings is 1. The fourth-order valence-electron chi connectivity index (χ4n) is 3.09. The van der Waals surface area contributed by atoms with Crippen LogP contribution in [-0.4, -0.2) is 46.1 Å². The van der Waals surface area contributed by atoms with Crippen molar-refractivity contribution < 1.29 is 9.53 Å². The van der Waals surface area contributed by atoms with Gasteiger partial charge in [-0.2, -0.15) is 0 Å². The van der Waals surface area contributed by atoms with E-state index >= 15 is 0 Å². The number of carbonyl (C=O) groups is 1. The SMILES string of the molecule is CC(C)(C)NC(=O)N1CCC(COc2cc(-c3ccccc3)ncn2)CC1. The van der Waals surface area contributed by atoms with E-state index in [0.717, 1.165) is 37.2 Å². The lowest BCUT2D eigenvalue weighted by molar-refractivity contribution is 0.139. The molecule has 2 heterocycles. The molecule has 6 nitrogen and oxygen atoms in total. The van der Waals surface area contributed by atoms with Gasteiger partial charge in [0.05, 0.1) is 12.3 Å². The van der Waals surface area contributed by atoms with Crippen molar-refractivity contribution in [3.8, 4) is 17.1 Å². The van der Waals surface area contributed by atoms with Crippen LogP contribution in [0.25, 0.3) is 11.3 Å².